The fraction of sp³-hybridized carbons (Fsp3) is 0.364. The summed E-state index contributed by atoms with van der Waals surface area (Å²) in [7, 11) is 5.81. The SMILES string of the molecule is [B]c1cc(CCC(=O)O)cc2c1OCC2. The Balaban J connectivity index is 2.20. The molecule has 1 aliphatic rings. The number of fused-ring (bicyclic) bond motifs is 1. The first-order valence-electron chi connectivity index (χ1n) is 4.92. The van der Waals surface area contributed by atoms with E-state index in [-0.39, 0.29) is 6.42 Å². The summed E-state index contributed by atoms with van der Waals surface area (Å²) in [6, 6.07) is 3.79. The molecule has 0 amide bonds. The van der Waals surface area contributed by atoms with Crippen molar-refractivity contribution in [1.82, 2.24) is 0 Å². The Labute approximate surface area is 89.5 Å². The molecule has 1 heterocycles. The quantitative estimate of drug-likeness (QED) is 0.723. The molecular formula is C11H11BO3. The van der Waals surface area contributed by atoms with Crippen molar-refractivity contribution >= 4 is 19.3 Å². The zero-order valence-electron chi connectivity index (χ0n) is 8.32. The van der Waals surface area contributed by atoms with Crippen LogP contribution in [0, 0.1) is 0 Å². The van der Waals surface area contributed by atoms with Crippen LogP contribution in [0.15, 0.2) is 12.1 Å². The minimum atomic E-state index is -0.787. The Morgan fingerprint density at radius 3 is 3.07 bits per heavy atom. The largest absolute Gasteiger partial charge is 0.494 e. The summed E-state index contributed by atoms with van der Waals surface area (Å²) in [5, 5.41) is 8.58. The topological polar surface area (TPSA) is 46.5 Å². The lowest BCUT2D eigenvalue weighted by molar-refractivity contribution is -0.136. The van der Waals surface area contributed by atoms with Crippen LogP contribution in [0.4, 0.5) is 0 Å². The van der Waals surface area contributed by atoms with E-state index in [0.29, 0.717) is 18.5 Å². The number of carbonyl (C=O) groups is 1. The molecule has 0 saturated heterocycles. The fourth-order valence-corrected chi connectivity index (χ4v) is 1.80. The molecule has 4 heteroatoms. The molecule has 0 atom stereocenters. The number of carboxylic acid groups (broad SMARTS) is 1. The van der Waals surface area contributed by atoms with Gasteiger partial charge in [-0.1, -0.05) is 17.6 Å². The van der Waals surface area contributed by atoms with Gasteiger partial charge in [0.1, 0.15) is 13.6 Å². The standard InChI is InChI=1S/C11H11BO3/c12-9-6-7(1-2-10(13)14)5-8-3-4-15-11(8)9/h5-6H,1-4H2,(H,13,14). The van der Waals surface area contributed by atoms with Crippen LogP contribution in [0.1, 0.15) is 17.5 Å². The Morgan fingerprint density at radius 1 is 1.53 bits per heavy atom. The van der Waals surface area contributed by atoms with E-state index in [4.69, 9.17) is 17.7 Å². The average molecular weight is 202 g/mol. The maximum Gasteiger partial charge on any atom is 0.303 e. The van der Waals surface area contributed by atoms with Crippen molar-refractivity contribution in [3.63, 3.8) is 0 Å². The maximum atomic E-state index is 10.4. The van der Waals surface area contributed by atoms with Gasteiger partial charge in [0.2, 0.25) is 0 Å². The van der Waals surface area contributed by atoms with E-state index >= 15 is 0 Å². The predicted octanol–water partition coefficient (Wildman–Crippen LogP) is 0.432. The normalized spacial score (nSPS) is 13.3. The van der Waals surface area contributed by atoms with E-state index in [1.54, 1.807) is 6.07 Å². The summed E-state index contributed by atoms with van der Waals surface area (Å²) in [5.74, 6) is -0.0144. The van der Waals surface area contributed by atoms with Gasteiger partial charge in [-0.25, -0.2) is 0 Å². The molecule has 1 aromatic rings. The Kier molecular flexibility index (Phi) is 2.67. The van der Waals surface area contributed by atoms with Crippen LogP contribution >= 0.6 is 0 Å². The molecule has 0 aliphatic carbocycles. The minimum absolute atomic E-state index is 0.138. The summed E-state index contributed by atoms with van der Waals surface area (Å²) in [4.78, 5) is 10.4. The van der Waals surface area contributed by atoms with E-state index in [9.17, 15) is 4.79 Å². The Hall–Kier alpha value is -1.45. The molecule has 1 aliphatic heterocycles. The first kappa shape index (κ1) is 10.1. The van der Waals surface area contributed by atoms with Crippen molar-refractivity contribution in [2.24, 2.45) is 0 Å². The lowest BCUT2D eigenvalue weighted by Gasteiger charge is -2.07. The summed E-state index contributed by atoms with van der Waals surface area (Å²) < 4.78 is 5.37. The van der Waals surface area contributed by atoms with Crippen molar-refractivity contribution < 1.29 is 14.6 Å². The van der Waals surface area contributed by atoms with Gasteiger partial charge in [0, 0.05) is 12.8 Å². The third-order valence-electron chi connectivity index (χ3n) is 2.50. The number of rotatable bonds is 3. The summed E-state index contributed by atoms with van der Waals surface area (Å²) in [6.45, 7) is 0.669. The smallest absolute Gasteiger partial charge is 0.303 e. The Bertz CT molecular complexity index is 401. The highest BCUT2D eigenvalue weighted by molar-refractivity contribution is 6.34. The van der Waals surface area contributed by atoms with Crippen molar-refractivity contribution in [2.75, 3.05) is 6.61 Å². The van der Waals surface area contributed by atoms with Crippen molar-refractivity contribution in [2.45, 2.75) is 19.3 Å². The predicted molar refractivity (Wildman–Crippen MR) is 57.0 cm³/mol. The zero-order chi connectivity index (χ0) is 10.8. The van der Waals surface area contributed by atoms with Gasteiger partial charge < -0.3 is 9.84 Å². The summed E-state index contributed by atoms with van der Waals surface area (Å²) in [6.07, 6.45) is 1.52. The molecule has 0 saturated carbocycles. The van der Waals surface area contributed by atoms with E-state index in [1.807, 2.05) is 6.07 Å². The highest BCUT2D eigenvalue weighted by Crippen LogP contribution is 2.23. The van der Waals surface area contributed by atoms with Crippen LogP contribution < -0.4 is 10.2 Å². The fourth-order valence-electron chi connectivity index (χ4n) is 1.80. The molecule has 1 aromatic carbocycles. The highest BCUT2D eigenvalue weighted by Gasteiger charge is 2.15. The summed E-state index contributed by atoms with van der Waals surface area (Å²) >= 11 is 0. The molecule has 76 valence electrons. The van der Waals surface area contributed by atoms with Crippen molar-refractivity contribution in [3.8, 4) is 5.75 Å². The van der Waals surface area contributed by atoms with Crippen LogP contribution in [0.3, 0.4) is 0 Å². The monoisotopic (exact) mass is 202 g/mol. The van der Waals surface area contributed by atoms with Gasteiger partial charge in [-0.15, -0.1) is 0 Å². The number of hydrogen-bond acceptors (Lipinski definition) is 2. The Morgan fingerprint density at radius 2 is 2.33 bits per heavy atom. The molecule has 2 radical (unpaired) electrons. The third-order valence-corrected chi connectivity index (χ3v) is 2.50. The van der Waals surface area contributed by atoms with Gasteiger partial charge in [-0.2, -0.15) is 0 Å². The van der Waals surface area contributed by atoms with E-state index in [0.717, 1.165) is 23.3 Å². The average Bonchev–Trinajstić information content (AvgIpc) is 2.63. The van der Waals surface area contributed by atoms with Crippen LogP contribution in [0.5, 0.6) is 5.75 Å². The highest BCUT2D eigenvalue weighted by atomic mass is 16.5. The second-order valence-electron chi connectivity index (χ2n) is 3.67. The van der Waals surface area contributed by atoms with Crippen LogP contribution in [-0.2, 0) is 17.6 Å². The second-order valence-corrected chi connectivity index (χ2v) is 3.67. The third kappa shape index (κ3) is 2.14. The zero-order valence-corrected chi connectivity index (χ0v) is 8.32. The molecule has 15 heavy (non-hydrogen) atoms. The maximum absolute atomic E-state index is 10.4. The molecule has 3 nitrogen and oxygen atoms in total. The lowest BCUT2D eigenvalue weighted by Crippen LogP contribution is -2.09. The van der Waals surface area contributed by atoms with Gasteiger partial charge in [0.05, 0.1) is 6.61 Å². The molecule has 0 unspecified atom stereocenters. The number of carboxylic acids is 1. The van der Waals surface area contributed by atoms with Crippen LogP contribution in [-0.4, -0.2) is 25.5 Å². The van der Waals surface area contributed by atoms with Crippen LogP contribution in [0.25, 0.3) is 0 Å². The molecule has 0 aromatic heterocycles. The van der Waals surface area contributed by atoms with Crippen molar-refractivity contribution in [1.29, 1.82) is 0 Å². The van der Waals surface area contributed by atoms with E-state index in [2.05, 4.69) is 0 Å². The molecule has 0 bridgehead atoms. The molecule has 2 rings (SSSR count). The van der Waals surface area contributed by atoms with Gasteiger partial charge in [0.25, 0.3) is 0 Å². The van der Waals surface area contributed by atoms with Gasteiger partial charge in [-0.05, 0) is 17.5 Å². The number of ether oxygens (including phenoxy) is 1. The van der Waals surface area contributed by atoms with E-state index < -0.39 is 5.97 Å². The number of aliphatic carboxylic acids is 1. The molecule has 1 N–H and O–H groups in total. The minimum Gasteiger partial charge on any atom is -0.494 e. The lowest BCUT2D eigenvalue weighted by atomic mass is 9.89. The second kappa shape index (κ2) is 3.97. The molecular weight excluding hydrogens is 191 g/mol. The van der Waals surface area contributed by atoms with Crippen LogP contribution in [0.2, 0.25) is 0 Å². The number of benzene rings is 1. The van der Waals surface area contributed by atoms with E-state index in [1.165, 1.54) is 0 Å². The van der Waals surface area contributed by atoms with Crippen molar-refractivity contribution in [3.05, 3.63) is 23.3 Å². The number of hydrogen-bond donors (Lipinski definition) is 1. The number of aryl methyl sites for hydroxylation is 1. The summed E-state index contributed by atoms with van der Waals surface area (Å²) in [5.41, 5.74) is 2.68. The molecule has 0 spiro atoms. The van der Waals surface area contributed by atoms with Gasteiger partial charge in [-0.3, -0.25) is 4.79 Å². The first-order chi connectivity index (χ1) is 7.16. The molecule has 0 fully saturated rings. The van der Waals surface area contributed by atoms with Gasteiger partial charge >= 0.3 is 5.97 Å². The van der Waals surface area contributed by atoms with Gasteiger partial charge in [0.15, 0.2) is 0 Å². The first-order valence-corrected chi connectivity index (χ1v) is 4.92.